The number of benzene rings is 1. The Kier molecular flexibility index (Phi) is 3.13. The number of methoxy groups -OCH3 is 1. The number of amides is 1. The van der Waals surface area contributed by atoms with Crippen molar-refractivity contribution in [3.63, 3.8) is 0 Å². The Hall–Kier alpha value is -2.47. The average molecular weight is 366 g/mol. The second-order valence-electron chi connectivity index (χ2n) is 8.19. The van der Waals surface area contributed by atoms with E-state index in [1.807, 2.05) is 36.4 Å². The molecule has 1 N–H and O–H groups in total. The molecule has 0 bridgehead atoms. The van der Waals surface area contributed by atoms with Crippen LogP contribution in [-0.2, 0) is 24.5 Å². The summed E-state index contributed by atoms with van der Waals surface area (Å²) < 4.78 is 5.20. The highest BCUT2D eigenvalue weighted by atomic mass is 16.5. The lowest BCUT2D eigenvalue weighted by atomic mass is 9.57. The first-order chi connectivity index (χ1) is 12.9. The molecule has 6 heteroatoms. The van der Waals surface area contributed by atoms with Crippen molar-refractivity contribution in [3.05, 3.63) is 42.0 Å². The van der Waals surface area contributed by atoms with Crippen molar-refractivity contribution in [2.24, 2.45) is 10.8 Å². The Morgan fingerprint density at radius 1 is 1.30 bits per heavy atom. The van der Waals surface area contributed by atoms with Crippen LogP contribution in [0.2, 0.25) is 0 Å². The zero-order valence-electron chi connectivity index (χ0n) is 15.5. The lowest BCUT2D eigenvalue weighted by Crippen LogP contribution is -2.61. The van der Waals surface area contributed by atoms with E-state index < -0.39 is 22.2 Å². The monoisotopic (exact) mass is 366 g/mol. The number of anilines is 1. The molecule has 3 heterocycles. The molecule has 0 radical (unpaired) electrons. The van der Waals surface area contributed by atoms with Crippen LogP contribution in [0.1, 0.15) is 25.3 Å². The Balaban J connectivity index is 1.91. The van der Waals surface area contributed by atoms with Gasteiger partial charge >= 0.3 is 5.97 Å². The minimum Gasteiger partial charge on any atom is -0.468 e. The number of carbonyl (C=O) groups is 3. The van der Waals surface area contributed by atoms with Gasteiger partial charge in [-0.1, -0.05) is 30.4 Å². The number of hydrogen-bond donors (Lipinski definition) is 1. The first-order valence-electron chi connectivity index (χ1n) is 9.36. The molecule has 6 nitrogen and oxygen atoms in total. The molecule has 1 aliphatic carbocycles. The van der Waals surface area contributed by atoms with Gasteiger partial charge in [0.2, 0.25) is 5.91 Å². The van der Waals surface area contributed by atoms with Gasteiger partial charge in [-0.2, -0.15) is 0 Å². The molecule has 1 aromatic carbocycles. The van der Waals surface area contributed by atoms with Crippen molar-refractivity contribution >= 4 is 23.3 Å². The Labute approximate surface area is 157 Å². The van der Waals surface area contributed by atoms with Crippen molar-refractivity contribution in [1.29, 1.82) is 0 Å². The number of Topliss-reactive ketones (excluding diaryl/α,β-unsaturated/α-hetero) is 1. The molecule has 1 spiro atoms. The van der Waals surface area contributed by atoms with E-state index >= 15 is 0 Å². The molecule has 1 saturated heterocycles. The lowest BCUT2D eigenvalue weighted by molar-refractivity contribution is -0.162. The van der Waals surface area contributed by atoms with Crippen LogP contribution in [0, 0.1) is 10.8 Å². The van der Waals surface area contributed by atoms with Crippen LogP contribution in [0.5, 0.6) is 0 Å². The van der Waals surface area contributed by atoms with Crippen LogP contribution >= 0.6 is 0 Å². The molecule has 27 heavy (non-hydrogen) atoms. The van der Waals surface area contributed by atoms with E-state index in [0.717, 1.165) is 24.3 Å². The third kappa shape index (κ3) is 1.60. The molecular formula is C21H22N2O4. The molecule has 140 valence electrons. The molecule has 4 atom stereocenters. The number of nitrogens with zero attached hydrogens (tertiary/aromatic N) is 1. The number of fused-ring (bicyclic) bond motifs is 1. The normalized spacial score (nSPS) is 38.6. The van der Waals surface area contributed by atoms with Gasteiger partial charge in [-0.25, -0.2) is 0 Å². The fraction of sp³-hybridized carbons (Fsp3) is 0.476. The van der Waals surface area contributed by atoms with Gasteiger partial charge < -0.3 is 10.1 Å². The van der Waals surface area contributed by atoms with E-state index in [2.05, 4.69) is 10.2 Å². The molecule has 2 fully saturated rings. The molecule has 4 unspecified atom stereocenters. The van der Waals surface area contributed by atoms with Gasteiger partial charge in [0.1, 0.15) is 5.78 Å². The van der Waals surface area contributed by atoms with E-state index in [4.69, 9.17) is 4.74 Å². The van der Waals surface area contributed by atoms with Crippen molar-refractivity contribution in [1.82, 2.24) is 4.90 Å². The molecule has 3 aliphatic heterocycles. The number of ether oxygens (including phenoxy) is 1. The fourth-order valence-corrected chi connectivity index (χ4v) is 6.51. The third-order valence-electron chi connectivity index (χ3n) is 7.42. The number of hydrogen-bond acceptors (Lipinski definition) is 5. The SMILES string of the molecule is COC(=O)C12CC3(C(C)=O)C=CCN4CCC1(c1ccccc1NC2=O)C43. The summed E-state index contributed by atoms with van der Waals surface area (Å²) in [4.78, 5) is 42.0. The summed E-state index contributed by atoms with van der Waals surface area (Å²) in [6.45, 7) is 3.04. The summed E-state index contributed by atoms with van der Waals surface area (Å²) >= 11 is 0. The van der Waals surface area contributed by atoms with E-state index in [1.165, 1.54) is 7.11 Å². The highest BCUT2D eigenvalue weighted by Gasteiger charge is 2.81. The van der Waals surface area contributed by atoms with Crippen LogP contribution in [-0.4, -0.2) is 48.8 Å². The summed E-state index contributed by atoms with van der Waals surface area (Å²) in [7, 11) is 1.32. The maximum Gasteiger partial charge on any atom is 0.322 e. The summed E-state index contributed by atoms with van der Waals surface area (Å²) in [5.74, 6) is -0.893. The second-order valence-corrected chi connectivity index (χ2v) is 8.19. The number of ketones is 1. The van der Waals surface area contributed by atoms with E-state index in [9.17, 15) is 14.4 Å². The number of rotatable bonds is 2. The van der Waals surface area contributed by atoms with Crippen LogP contribution in [0.3, 0.4) is 0 Å². The van der Waals surface area contributed by atoms with Gasteiger partial charge in [-0.3, -0.25) is 19.3 Å². The topological polar surface area (TPSA) is 75.7 Å². The van der Waals surface area contributed by atoms with Gasteiger partial charge in [-0.15, -0.1) is 0 Å². The largest absolute Gasteiger partial charge is 0.468 e. The summed E-state index contributed by atoms with van der Waals surface area (Å²) in [5.41, 5.74) is -1.36. The molecule has 4 aliphatic rings. The minimum absolute atomic E-state index is 0.00214. The minimum atomic E-state index is -1.41. The Bertz CT molecular complexity index is 925. The number of nitrogens with one attached hydrogen (secondary N) is 1. The fourth-order valence-electron chi connectivity index (χ4n) is 6.51. The zero-order chi connectivity index (χ0) is 19.0. The van der Waals surface area contributed by atoms with Crippen molar-refractivity contribution < 1.29 is 19.1 Å². The molecular weight excluding hydrogens is 344 g/mol. The Morgan fingerprint density at radius 3 is 2.81 bits per heavy atom. The first-order valence-corrected chi connectivity index (χ1v) is 9.36. The van der Waals surface area contributed by atoms with Gasteiger partial charge in [0.25, 0.3) is 0 Å². The van der Waals surface area contributed by atoms with Crippen LogP contribution < -0.4 is 5.32 Å². The lowest BCUT2D eigenvalue weighted by Gasteiger charge is -2.48. The molecule has 1 aromatic rings. The maximum absolute atomic E-state index is 13.5. The molecule has 1 amide bonds. The highest BCUT2D eigenvalue weighted by molar-refractivity contribution is 6.15. The van der Waals surface area contributed by atoms with Gasteiger partial charge in [0.15, 0.2) is 5.41 Å². The van der Waals surface area contributed by atoms with Crippen LogP contribution in [0.4, 0.5) is 5.69 Å². The van der Waals surface area contributed by atoms with E-state index in [0.29, 0.717) is 6.42 Å². The smallest absolute Gasteiger partial charge is 0.322 e. The first kappa shape index (κ1) is 16.7. The van der Waals surface area contributed by atoms with E-state index in [1.54, 1.807) is 6.92 Å². The highest BCUT2D eigenvalue weighted by Crippen LogP contribution is 2.71. The quantitative estimate of drug-likeness (QED) is 0.489. The number of esters is 1. The van der Waals surface area contributed by atoms with Crippen LogP contribution in [0.25, 0.3) is 0 Å². The summed E-state index contributed by atoms with van der Waals surface area (Å²) in [6.07, 6.45) is 4.75. The Morgan fingerprint density at radius 2 is 2.07 bits per heavy atom. The third-order valence-corrected chi connectivity index (χ3v) is 7.42. The van der Waals surface area contributed by atoms with Crippen molar-refractivity contribution in [3.8, 4) is 0 Å². The zero-order valence-corrected chi connectivity index (χ0v) is 15.5. The summed E-state index contributed by atoms with van der Waals surface area (Å²) in [5, 5.41) is 2.94. The van der Waals surface area contributed by atoms with Gasteiger partial charge in [0, 0.05) is 23.7 Å². The average Bonchev–Trinajstić information content (AvgIpc) is 3.20. The standard InChI is InChI=1S/C21H22N2O4/c1-13(24)19-8-5-10-23-11-9-20(16(19)23)14-6-3-4-7-15(14)22-17(25)21(20,12-19)18(26)27-2/h3-8,16H,9-12H2,1-2H3,(H,22,25). The number of carbonyl (C=O) groups excluding carboxylic acids is 3. The van der Waals surface area contributed by atoms with E-state index in [-0.39, 0.29) is 24.2 Å². The van der Waals surface area contributed by atoms with Crippen molar-refractivity contribution in [2.45, 2.75) is 31.2 Å². The van der Waals surface area contributed by atoms with Crippen molar-refractivity contribution in [2.75, 3.05) is 25.5 Å². The predicted molar refractivity (Wildman–Crippen MR) is 98.0 cm³/mol. The summed E-state index contributed by atoms with van der Waals surface area (Å²) in [6, 6.07) is 7.45. The van der Waals surface area contributed by atoms with Crippen LogP contribution in [0.15, 0.2) is 36.4 Å². The maximum atomic E-state index is 13.5. The molecule has 5 rings (SSSR count). The molecule has 0 aromatic heterocycles. The predicted octanol–water partition coefficient (Wildman–Crippen LogP) is 1.66. The number of para-hydroxylation sites is 1. The van der Waals surface area contributed by atoms with Gasteiger partial charge in [-0.05, 0) is 37.9 Å². The molecule has 1 saturated carbocycles. The second kappa shape index (κ2) is 5.07. The van der Waals surface area contributed by atoms with Gasteiger partial charge in [0.05, 0.1) is 12.5 Å².